The third kappa shape index (κ3) is 4.01. The normalized spacial score (nSPS) is 11.3. The minimum absolute atomic E-state index is 0.0892. The quantitative estimate of drug-likeness (QED) is 0.672. The fourth-order valence-electron chi connectivity index (χ4n) is 2.64. The van der Waals surface area contributed by atoms with Crippen molar-refractivity contribution in [2.75, 3.05) is 20.6 Å². The number of fused-ring (bicyclic) bond motifs is 1. The maximum Gasteiger partial charge on any atom is 0.270 e. The Hall–Kier alpha value is -2.18. The Morgan fingerprint density at radius 1 is 1.29 bits per heavy atom. The van der Waals surface area contributed by atoms with E-state index >= 15 is 0 Å². The van der Waals surface area contributed by atoms with E-state index in [-0.39, 0.29) is 5.91 Å². The van der Waals surface area contributed by atoms with Crippen molar-refractivity contribution < 1.29 is 4.79 Å². The second-order valence-electron chi connectivity index (χ2n) is 6.04. The van der Waals surface area contributed by atoms with Crippen molar-refractivity contribution in [2.45, 2.75) is 19.5 Å². The summed E-state index contributed by atoms with van der Waals surface area (Å²) in [4.78, 5) is 18.6. The number of rotatable bonds is 7. The standard InChI is InChI=1S/C18H22N4OS/c1-21(2)12-17-20-15(13-24-17)18(23)19-9-5-10-22-11-8-14-6-3-4-7-16(14)22/h3-4,6-8,11,13H,5,9-10,12H2,1-2H3,(H,19,23). The smallest absolute Gasteiger partial charge is 0.270 e. The van der Waals surface area contributed by atoms with Gasteiger partial charge in [0.2, 0.25) is 0 Å². The van der Waals surface area contributed by atoms with Gasteiger partial charge in [-0.25, -0.2) is 4.98 Å². The minimum atomic E-state index is -0.0892. The molecule has 0 fully saturated rings. The predicted octanol–water partition coefficient (Wildman–Crippen LogP) is 2.98. The van der Waals surface area contributed by atoms with Gasteiger partial charge in [0, 0.05) is 36.7 Å². The van der Waals surface area contributed by atoms with Crippen LogP contribution in [0.3, 0.4) is 0 Å². The van der Waals surface area contributed by atoms with Gasteiger partial charge in [0.05, 0.1) is 0 Å². The van der Waals surface area contributed by atoms with Crippen molar-refractivity contribution >= 4 is 28.1 Å². The lowest BCUT2D eigenvalue weighted by Crippen LogP contribution is -2.25. The second kappa shape index (κ2) is 7.59. The molecule has 0 radical (unpaired) electrons. The number of hydrogen-bond donors (Lipinski definition) is 1. The molecule has 0 aliphatic rings. The number of hydrogen-bond acceptors (Lipinski definition) is 4. The Morgan fingerprint density at radius 3 is 2.96 bits per heavy atom. The summed E-state index contributed by atoms with van der Waals surface area (Å²) < 4.78 is 2.22. The lowest BCUT2D eigenvalue weighted by atomic mass is 10.2. The molecule has 1 amide bonds. The van der Waals surface area contributed by atoms with Crippen LogP contribution in [0.25, 0.3) is 10.9 Å². The van der Waals surface area contributed by atoms with Crippen molar-refractivity contribution in [3.8, 4) is 0 Å². The third-order valence-corrected chi connectivity index (χ3v) is 4.61. The van der Waals surface area contributed by atoms with Crippen LogP contribution < -0.4 is 5.32 Å². The van der Waals surface area contributed by atoms with Gasteiger partial charge in [-0.05, 0) is 38.0 Å². The summed E-state index contributed by atoms with van der Waals surface area (Å²) in [6, 6.07) is 10.4. The van der Waals surface area contributed by atoms with Crippen molar-refractivity contribution in [3.63, 3.8) is 0 Å². The van der Waals surface area contributed by atoms with Gasteiger partial charge in [-0.3, -0.25) is 4.79 Å². The summed E-state index contributed by atoms with van der Waals surface area (Å²) >= 11 is 1.53. The molecule has 2 aromatic heterocycles. The lowest BCUT2D eigenvalue weighted by molar-refractivity contribution is 0.0948. The summed E-state index contributed by atoms with van der Waals surface area (Å²) in [5.41, 5.74) is 1.75. The summed E-state index contributed by atoms with van der Waals surface area (Å²) in [6.45, 7) is 2.29. The van der Waals surface area contributed by atoms with Crippen LogP contribution in [0.5, 0.6) is 0 Å². The highest BCUT2D eigenvalue weighted by Crippen LogP contribution is 2.15. The van der Waals surface area contributed by atoms with Crippen LogP contribution in [0.2, 0.25) is 0 Å². The first kappa shape index (κ1) is 16.7. The molecule has 0 bridgehead atoms. The van der Waals surface area contributed by atoms with Crippen LogP contribution >= 0.6 is 11.3 Å². The van der Waals surface area contributed by atoms with E-state index in [0.29, 0.717) is 12.2 Å². The molecule has 126 valence electrons. The molecule has 1 N–H and O–H groups in total. The number of nitrogens with one attached hydrogen (secondary N) is 1. The minimum Gasteiger partial charge on any atom is -0.351 e. The molecule has 0 aliphatic carbocycles. The highest BCUT2D eigenvalue weighted by molar-refractivity contribution is 7.09. The Morgan fingerprint density at radius 2 is 2.12 bits per heavy atom. The third-order valence-electron chi connectivity index (χ3n) is 3.78. The van der Waals surface area contributed by atoms with Crippen LogP contribution in [-0.2, 0) is 13.1 Å². The number of amides is 1. The first-order valence-corrected chi connectivity index (χ1v) is 8.92. The first-order valence-electron chi connectivity index (χ1n) is 8.04. The highest BCUT2D eigenvalue weighted by atomic mass is 32.1. The zero-order valence-electron chi connectivity index (χ0n) is 14.0. The van der Waals surface area contributed by atoms with Crippen LogP contribution in [0.15, 0.2) is 41.9 Å². The molecule has 2 heterocycles. The van der Waals surface area contributed by atoms with Crippen LogP contribution in [-0.4, -0.2) is 41.0 Å². The number of carbonyl (C=O) groups is 1. The molecule has 0 saturated carbocycles. The summed E-state index contributed by atoms with van der Waals surface area (Å²) in [6.07, 6.45) is 2.99. The van der Waals surface area contributed by atoms with Crippen LogP contribution in [0.4, 0.5) is 0 Å². The molecule has 0 spiro atoms. The molecule has 0 saturated heterocycles. The number of aryl methyl sites for hydroxylation is 1. The van der Waals surface area contributed by atoms with Crippen molar-refractivity contribution in [3.05, 3.63) is 52.6 Å². The van der Waals surface area contributed by atoms with E-state index in [2.05, 4.69) is 39.3 Å². The fourth-order valence-corrected chi connectivity index (χ4v) is 3.53. The van der Waals surface area contributed by atoms with E-state index in [9.17, 15) is 4.79 Å². The summed E-state index contributed by atoms with van der Waals surface area (Å²) in [5, 5.41) is 6.99. The van der Waals surface area contributed by atoms with E-state index in [1.54, 1.807) is 0 Å². The molecule has 1 aromatic carbocycles. The van der Waals surface area contributed by atoms with E-state index in [4.69, 9.17) is 0 Å². The number of nitrogens with zero attached hydrogens (tertiary/aromatic N) is 3. The zero-order chi connectivity index (χ0) is 16.9. The predicted molar refractivity (Wildman–Crippen MR) is 98.4 cm³/mol. The van der Waals surface area contributed by atoms with Gasteiger partial charge in [-0.1, -0.05) is 18.2 Å². The molecule has 6 heteroatoms. The molecular formula is C18H22N4OS. The van der Waals surface area contributed by atoms with Crippen molar-refractivity contribution in [1.82, 2.24) is 19.8 Å². The van der Waals surface area contributed by atoms with Gasteiger partial charge in [0.15, 0.2) is 0 Å². The van der Waals surface area contributed by atoms with E-state index in [1.807, 2.05) is 36.5 Å². The van der Waals surface area contributed by atoms with Gasteiger partial charge in [0.1, 0.15) is 10.7 Å². The molecule has 3 rings (SSSR count). The number of aromatic nitrogens is 2. The Kier molecular flexibility index (Phi) is 5.27. The van der Waals surface area contributed by atoms with E-state index < -0.39 is 0 Å². The van der Waals surface area contributed by atoms with Crippen LogP contribution in [0.1, 0.15) is 21.9 Å². The van der Waals surface area contributed by atoms with Crippen LogP contribution in [0, 0.1) is 0 Å². The van der Waals surface area contributed by atoms with Gasteiger partial charge >= 0.3 is 0 Å². The maximum absolute atomic E-state index is 12.1. The SMILES string of the molecule is CN(C)Cc1nc(C(=O)NCCCn2ccc3ccccc32)cs1. The monoisotopic (exact) mass is 342 g/mol. The zero-order valence-corrected chi connectivity index (χ0v) is 14.8. The van der Waals surface area contributed by atoms with Crippen molar-refractivity contribution in [1.29, 1.82) is 0 Å². The number of thiazole rings is 1. The number of benzene rings is 1. The molecule has 5 nitrogen and oxygen atoms in total. The van der Waals surface area contributed by atoms with Gasteiger partial charge in [-0.15, -0.1) is 11.3 Å². The van der Waals surface area contributed by atoms with E-state index in [1.165, 1.54) is 22.2 Å². The highest BCUT2D eigenvalue weighted by Gasteiger charge is 2.10. The average Bonchev–Trinajstić information content (AvgIpc) is 3.18. The Bertz CT molecular complexity index is 821. The maximum atomic E-state index is 12.1. The molecule has 3 aromatic rings. The average molecular weight is 342 g/mol. The van der Waals surface area contributed by atoms with Gasteiger partial charge in [-0.2, -0.15) is 0 Å². The first-order chi connectivity index (χ1) is 11.6. The van der Waals surface area contributed by atoms with Gasteiger partial charge < -0.3 is 14.8 Å². The molecular weight excluding hydrogens is 320 g/mol. The number of carbonyl (C=O) groups excluding carboxylic acids is 1. The van der Waals surface area contributed by atoms with Crippen molar-refractivity contribution in [2.24, 2.45) is 0 Å². The number of para-hydroxylation sites is 1. The van der Waals surface area contributed by atoms with E-state index in [0.717, 1.165) is 24.5 Å². The largest absolute Gasteiger partial charge is 0.351 e. The second-order valence-corrected chi connectivity index (χ2v) is 6.98. The summed E-state index contributed by atoms with van der Waals surface area (Å²) in [5.74, 6) is -0.0892. The Balaban J connectivity index is 1.47. The fraction of sp³-hybridized carbons (Fsp3) is 0.333. The lowest BCUT2D eigenvalue weighted by Gasteiger charge is -2.07. The molecule has 0 unspecified atom stereocenters. The molecule has 0 atom stereocenters. The molecule has 0 aliphatic heterocycles. The summed E-state index contributed by atoms with van der Waals surface area (Å²) in [7, 11) is 3.98. The van der Waals surface area contributed by atoms with Gasteiger partial charge in [0.25, 0.3) is 5.91 Å². The Labute approximate surface area is 145 Å². The topological polar surface area (TPSA) is 50.2 Å². The molecule has 24 heavy (non-hydrogen) atoms.